The van der Waals surface area contributed by atoms with Crippen LogP contribution in [0, 0.1) is 0 Å². The van der Waals surface area contributed by atoms with E-state index in [4.69, 9.17) is 16.6 Å². The molecule has 6 N–H and O–H groups in total. The first-order valence-electron chi connectivity index (χ1n) is 6.46. The summed E-state index contributed by atoms with van der Waals surface area (Å²) in [6.45, 7) is 0. The van der Waals surface area contributed by atoms with Crippen LogP contribution in [0.3, 0.4) is 0 Å². The van der Waals surface area contributed by atoms with E-state index in [0.29, 0.717) is 12.8 Å². The van der Waals surface area contributed by atoms with Gasteiger partial charge >= 0.3 is 5.97 Å². The number of hydrogen-bond donors (Lipinski definition) is 4. The first-order valence-corrected chi connectivity index (χ1v) is 6.46. The number of aliphatic carboxylic acids is 1. The van der Waals surface area contributed by atoms with E-state index in [9.17, 15) is 14.4 Å². The number of carboxylic acids is 1. The highest BCUT2D eigenvalue weighted by atomic mass is 16.4. The van der Waals surface area contributed by atoms with E-state index in [1.54, 1.807) is 0 Å². The van der Waals surface area contributed by atoms with Crippen molar-refractivity contribution in [3.63, 3.8) is 0 Å². The van der Waals surface area contributed by atoms with Crippen molar-refractivity contribution in [1.82, 2.24) is 5.32 Å². The highest BCUT2D eigenvalue weighted by Gasteiger charge is 2.37. The first-order chi connectivity index (χ1) is 8.85. The quantitative estimate of drug-likeness (QED) is 0.515. The first kappa shape index (κ1) is 15.4. The second-order valence-corrected chi connectivity index (χ2v) is 5.09. The lowest BCUT2D eigenvalue weighted by Crippen LogP contribution is -2.58. The van der Waals surface area contributed by atoms with Crippen LogP contribution in [0.1, 0.15) is 44.9 Å². The zero-order chi connectivity index (χ0) is 14.5. The molecule has 0 radical (unpaired) electrons. The molecule has 0 aromatic carbocycles. The van der Waals surface area contributed by atoms with E-state index in [2.05, 4.69) is 5.32 Å². The van der Waals surface area contributed by atoms with Gasteiger partial charge in [-0.1, -0.05) is 19.3 Å². The minimum absolute atomic E-state index is 0.0213. The Balaban J connectivity index is 2.59. The maximum atomic E-state index is 12.1. The Morgan fingerprint density at radius 1 is 1.21 bits per heavy atom. The van der Waals surface area contributed by atoms with E-state index in [0.717, 1.165) is 19.3 Å². The largest absolute Gasteiger partial charge is 0.480 e. The summed E-state index contributed by atoms with van der Waals surface area (Å²) in [5.41, 5.74) is 9.99. The van der Waals surface area contributed by atoms with Gasteiger partial charge in [-0.15, -0.1) is 0 Å². The van der Waals surface area contributed by atoms with Gasteiger partial charge in [-0.2, -0.15) is 0 Å². The van der Waals surface area contributed by atoms with Crippen molar-refractivity contribution in [1.29, 1.82) is 0 Å². The van der Waals surface area contributed by atoms with Crippen molar-refractivity contribution in [2.24, 2.45) is 11.5 Å². The van der Waals surface area contributed by atoms with E-state index in [-0.39, 0.29) is 12.8 Å². The Hall–Kier alpha value is -1.63. The number of nitrogens with one attached hydrogen (secondary N) is 1. The molecule has 0 spiro atoms. The van der Waals surface area contributed by atoms with Crippen molar-refractivity contribution in [3.8, 4) is 0 Å². The van der Waals surface area contributed by atoms with Crippen molar-refractivity contribution in [2.45, 2.75) is 56.5 Å². The average molecular weight is 271 g/mol. The van der Waals surface area contributed by atoms with Gasteiger partial charge in [0.2, 0.25) is 11.8 Å². The maximum Gasteiger partial charge on any atom is 0.326 e. The normalized spacial score (nSPS) is 19.4. The zero-order valence-electron chi connectivity index (χ0n) is 10.9. The van der Waals surface area contributed by atoms with Crippen LogP contribution in [-0.2, 0) is 14.4 Å². The lowest BCUT2D eigenvalue weighted by molar-refractivity contribution is -0.143. The molecule has 1 aliphatic rings. The summed E-state index contributed by atoms with van der Waals surface area (Å²) < 4.78 is 0. The van der Waals surface area contributed by atoms with Crippen LogP contribution in [0.5, 0.6) is 0 Å². The summed E-state index contributed by atoms with van der Waals surface area (Å²) in [6, 6.07) is -1.12. The van der Waals surface area contributed by atoms with Gasteiger partial charge in [-0.3, -0.25) is 9.59 Å². The van der Waals surface area contributed by atoms with E-state index < -0.39 is 29.4 Å². The molecule has 0 heterocycles. The molecule has 1 fully saturated rings. The fourth-order valence-corrected chi connectivity index (χ4v) is 2.26. The van der Waals surface area contributed by atoms with Crippen LogP contribution in [0.4, 0.5) is 0 Å². The van der Waals surface area contributed by atoms with Crippen LogP contribution in [0.25, 0.3) is 0 Å². The van der Waals surface area contributed by atoms with Gasteiger partial charge in [0.1, 0.15) is 6.04 Å². The average Bonchev–Trinajstić information content (AvgIpc) is 2.34. The molecule has 0 aliphatic heterocycles. The summed E-state index contributed by atoms with van der Waals surface area (Å²) in [6.07, 6.45) is 3.77. The lowest BCUT2D eigenvalue weighted by atomic mass is 9.81. The third kappa shape index (κ3) is 4.51. The van der Waals surface area contributed by atoms with E-state index in [1.165, 1.54) is 0 Å². The van der Waals surface area contributed by atoms with Crippen LogP contribution >= 0.6 is 0 Å². The number of primary amides is 1. The molecule has 19 heavy (non-hydrogen) atoms. The monoisotopic (exact) mass is 271 g/mol. The standard InChI is InChI=1S/C12H21N3O4/c13-9(16)5-4-8(10(17)18)15-11(19)12(14)6-2-1-3-7-12/h8H,1-7,14H2,(H2,13,16)(H,15,19)(H,17,18)/t8-/m0/s1. The van der Waals surface area contributed by atoms with Gasteiger partial charge in [-0.05, 0) is 19.3 Å². The van der Waals surface area contributed by atoms with Crippen LogP contribution < -0.4 is 16.8 Å². The van der Waals surface area contributed by atoms with Crippen molar-refractivity contribution < 1.29 is 19.5 Å². The number of hydrogen-bond acceptors (Lipinski definition) is 4. The third-order valence-corrected chi connectivity index (χ3v) is 3.48. The maximum absolute atomic E-state index is 12.1. The predicted molar refractivity (Wildman–Crippen MR) is 68.0 cm³/mol. The molecular formula is C12H21N3O4. The van der Waals surface area contributed by atoms with Gasteiger partial charge in [0.25, 0.3) is 0 Å². The molecule has 7 heteroatoms. The number of amides is 2. The summed E-state index contributed by atoms with van der Waals surface area (Å²) >= 11 is 0. The van der Waals surface area contributed by atoms with E-state index >= 15 is 0 Å². The molecular weight excluding hydrogens is 250 g/mol. The molecule has 0 bridgehead atoms. The minimum atomic E-state index is -1.19. The molecule has 0 aromatic heterocycles. The highest BCUT2D eigenvalue weighted by molar-refractivity contribution is 5.90. The molecule has 1 saturated carbocycles. The Bertz CT molecular complexity index is 364. The summed E-state index contributed by atoms with van der Waals surface area (Å²) in [7, 11) is 0. The summed E-state index contributed by atoms with van der Waals surface area (Å²) in [5.74, 6) is -2.24. The van der Waals surface area contributed by atoms with Gasteiger partial charge in [0, 0.05) is 6.42 Å². The topological polar surface area (TPSA) is 136 Å². The molecule has 1 rings (SSSR count). The molecule has 0 saturated heterocycles. The molecule has 1 atom stereocenters. The van der Waals surface area contributed by atoms with E-state index in [1.807, 2.05) is 0 Å². The SMILES string of the molecule is NC(=O)CC[C@H](NC(=O)C1(N)CCCCC1)C(=O)O. The third-order valence-electron chi connectivity index (χ3n) is 3.48. The smallest absolute Gasteiger partial charge is 0.326 e. The second-order valence-electron chi connectivity index (χ2n) is 5.09. The lowest BCUT2D eigenvalue weighted by Gasteiger charge is -2.32. The molecule has 7 nitrogen and oxygen atoms in total. The van der Waals surface area contributed by atoms with Crippen molar-refractivity contribution in [2.75, 3.05) is 0 Å². The zero-order valence-corrected chi connectivity index (χ0v) is 10.9. The van der Waals surface area contributed by atoms with Crippen molar-refractivity contribution >= 4 is 17.8 Å². The molecule has 0 aromatic rings. The van der Waals surface area contributed by atoms with Crippen LogP contribution in [0.15, 0.2) is 0 Å². The number of nitrogens with two attached hydrogens (primary N) is 2. The Labute approximate surface area is 111 Å². The molecule has 108 valence electrons. The summed E-state index contributed by atoms with van der Waals surface area (Å²) in [4.78, 5) is 33.8. The minimum Gasteiger partial charge on any atom is -0.480 e. The van der Waals surface area contributed by atoms with Crippen LogP contribution in [-0.4, -0.2) is 34.5 Å². The molecule has 0 unspecified atom stereocenters. The molecule has 1 aliphatic carbocycles. The summed E-state index contributed by atoms with van der Waals surface area (Å²) in [5, 5.41) is 11.4. The Morgan fingerprint density at radius 2 is 1.79 bits per heavy atom. The van der Waals surface area contributed by atoms with Crippen molar-refractivity contribution in [3.05, 3.63) is 0 Å². The molecule has 2 amide bonds. The van der Waals surface area contributed by atoms with Gasteiger partial charge in [0.05, 0.1) is 5.54 Å². The van der Waals surface area contributed by atoms with Crippen LogP contribution in [0.2, 0.25) is 0 Å². The Kier molecular flexibility index (Phi) is 5.29. The fourth-order valence-electron chi connectivity index (χ4n) is 2.26. The second kappa shape index (κ2) is 6.51. The van der Waals surface area contributed by atoms with Gasteiger partial charge in [-0.25, -0.2) is 4.79 Å². The number of carboxylic acid groups (broad SMARTS) is 1. The number of carbonyl (C=O) groups is 3. The predicted octanol–water partition coefficient (Wildman–Crippen LogP) is -0.517. The fraction of sp³-hybridized carbons (Fsp3) is 0.750. The highest BCUT2D eigenvalue weighted by Crippen LogP contribution is 2.26. The van der Waals surface area contributed by atoms with Gasteiger partial charge in [0.15, 0.2) is 0 Å². The van der Waals surface area contributed by atoms with Gasteiger partial charge < -0.3 is 21.9 Å². The number of rotatable bonds is 6. The Morgan fingerprint density at radius 3 is 2.26 bits per heavy atom. The number of carbonyl (C=O) groups excluding carboxylic acids is 2.